The molecule has 2 heterocycles. The molecule has 0 saturated carbocycles. The molecule has 0 spiro atoms. The summed E-state index contributed by atoms with van der Waals surface area (Å²) in [5.41, 5.74) is 0.511. The third-order valence-electron chi connectivity index (χ3n) is 3.96. The van der Waals surface area contributed by atoms with Crippen LogP contribution in [0.5, 0.6) is 0 Å². The minimum absolute atomic E-state index is 0.0435. The van der Waals surface area contributed by atoms with Crippen LogP contribution in [0.1, 0.15) is 50.9 Å². The number of aromatic nitrogens is 2. The second kappa shape index (κ2) is 7.04. The van der Waals surface area contributed by atoms with Gasteiger partial charge in [0.05, 0.1) is 17.3 Å². The fraction of sp³-hybridized carbons (Fsp3) is 0.750. The molecule has 0 bridgehead atoms. The van der Waals surface area contributed by atoms with E-state index in [1.54, 1.807) is 6.20 Å². The number of hydrogen-bond acceptors (Lipinski definition) is 4. The number of nitrogens with zero attached hydrogens (tertiary/aromatic N) is 2. The van der Waals surface area contributed by atoms with Crippen molar-refractivity contribution in [2.45, 2.75) is 50.8 Å². The summed E-state index contributed by atoms with van der Waals surface area (Å²) < 4.78 is 7.40. The minimum atomic E-state index is -0.113. The quantitative estimate of drug-likeness (QED) is 0.904. The summed E-state index contributed by atoms with van der Waals surface area (Å²) in [6, 6.07) is 0. The zero-order chi connectivity index (χ0) is 16.2. The molecule has 5 nitrogen and oxygen atoms in total. The molecule has 1 aromatic rings. The van der Waals surface area contributed by atoms with Crippen LogP contribution >= 0.6 is 11.8 Å². The Morgan fingerprint density at radius 2 is 2.14 bits per heavy atom. The van der Waals surface area contributed by atoms with Crippen molar-refractivity contribution in [3.05, 3.63) is 18.0 Å². The Balaban J connectivity index is 1.97. The van der Waals surface area contributed by atoms with Gasteiger partial charge in [0.25, 0.3) is 5.91 Å². The van der Waals surface area contributed by atoms with Gasteiger partial charge in [-0.2, -0.15) is 16.9 Å². The molecule has 0 radical (unpaired) electrons. The second-order valence-electron chi connectivity index (χ2n) is 6.76. The SMILES string of the molecule is CCSC1(CNC(=O)c2cnn(C(C)(C)C)c2)CCOCC1. The van der Waals surface area contributed by atoms with Crippen LogP contribution in [0.4, 0.5) is 0 Å². The number of hydrogen-bond donors (Lipinski definition) is 1. The number of carbonyl (C=O) groups excluding carboxylic acids is 1. The molecule has 22 heavy (non-hydrogen) atoms. The molecule has 0 unspecified atom stereocenters. The van der Waals surface area contributed by atoms with E-state index in [-0.39, 0.29) is 16.2 Å². The standard InChI is InChI=1S/C16H27N3O2S/c1-5-22-16(6-8-21-9-7-16)12-17-14(20)13-10-18-19(11-13)15(2,3)4/h10-11H,5-9,12H2,1-4H3,(H,17,20). The monoisotopic (exact) mass is 325 g/mol. The van der Waals surface area contributed by atoms with Gasteiger partial charge in [0.1, 0.15) is 0 Å². The number of nitrogens with one attached hydrogen (secondary N) is 1. The van der Waals surface area contributed by atoms with E-state index in [9.17, 15) is 4.79 Å². The van der Waals surface area contributed by atoms with Gasteiger partial charge in [0.2, 0.25) is 0 Å². The van der Waals surface area contributed by atoms with E-state index >= 15 is 0 Å². The van der Waals surface area contributed by atoms with Crippen LogP contribution in [-0.2, 0) is 10.3 Å². The van der Waals surface area contributed by atoms with E-state index in [0.29, 0.717) is 12.1 Å². The summed E-state index contributed by atoms with van der Waals surface area (Å²) in [4.78, 5) is 12.4. The largest absolute Gasteiger partial charge is 0.381 e. The molecule has 1 fully saturated rings. The average Bonchev–Trinajstić information content (AvgIpc) is 2.96. The molecule has 1 aromatic heterocycles. The van der Waals surface area contributed by atoms with Crippen LogP contribution in [0.25, 0.3) is 0 Å². The van der Waals surface area contributed by atoms with Crippen molar-refractivity contribution in [3.8, 4) is 0 Å². The predicted octanol–water partition coefficient (Wildman–Crippen LogP) is 2.67. The zero-order valence-electron chi connectivity index (χ0n) is 14.0. The predicted molar refractivity (Wildman–Crippen MR) is 90.5 cm³/mol. The molecule has 6 heteroatoms. The third kappa shape index (κ3) is 4.26. The Hall–Kier alpha value is -1.01. The van der Waals surface area contributed by atoms with Crippen molar-refractivity contribution < 1.29 is 9.53 Å². The fourth-order valence-electron chi connectivity index (χ4n) is 2.57. The van der Waals surface area contributed by atoms with Crippen LogP contribution < -0.4 is 5.32 Å². The number of carbonyl (C=O) groups is 1. The Labute approximate surface area is 137 Å². The normalized spacial score (nSPS) is 18.2. The van der Waals surface area contributed by atoms with Gasteiger partial charge in [-0.05, 0) is 39.4 Å². The number of amides is 1. The molecule has 1 amide bonds. The van der Waals surface area contributed by atoms with Crippen molar-refractivity contribution in [2.24, 2.45) is 0 Å². The molecule has 0 aliphatic carbocycles. The molecule has 0 atom stereocenters. The first-order valence-corrected chi connectivity index (χ1v) is 8.90. The highest BCUT2D eigenvalue weighted by Gasteiger charge is 2.33. The van der Waals surface area contributed by atoms with Crippen LogP contribution in [0, 0.1) is 0 Å². The lowest BCUT2D eigenvalue weighted by molar-refractivity contribution is 0.0741. The lowest BCUT2D eigenvalue weighted by Gasteiger charge is -2.36. The van der Waals surface area contributed by atoms with Gasteiger partial charge in [-0.15, -0.1) is 0 Å². The molecule has 0 aromatic carbocycles. The number of rotatable bonds is 5. The Kier molecular flexibility index (Phi) is 5.55. The maximum absolute atomic E-state index is 12.4. The summed E-state index contributed by atoms with van der Waals surface area (Å²) in [6.07, 6.45) is 5.45. The van der Waals surface area contributed by atoms with Gasteiger partial charge < -0.3 is 10.1 Å². The van der Waals surface area contributed by atoms with Crippen molar-refractivity contribution in [3.63, 3.8) is 0 Å². The van der Waals surface area contributed by atoms with Crippen LogP contribution in [0.3, 0.4) is 0 Å². The summed E-state index contributed by atoms with van der Waals surface area (Å²) in [6.45, 7) is 10.6. The topological polar surface area (TPSA) is 56.2 Å². The van der Waals surface area contributed by atoms with E-state index in [1.165, 1.54) is 0 Å². The van der Waals surface area contributed by atoms with Gasteiger partial charge in [0, 0.05) is 30.7 Å². The average molecular weight is 325 g/mol. The Morgan fingerprint density at radius 1 is 1.45 bits per heavy atom. The van der Waals surface area contributed by atoms with E-state index in [0.717, 1.165) is 31.8 Å². The zero-order valence-corrected chi connectivity index (χ0v) is 14.8. The van der Waals surface area contributed by atoms with Crippen LogP contribution in [0.2, 0.25) is 0 Å². The van der Waals surface area contributed by atoms with Crippen molar-refractivity contribution in [2.75, 3.05) is 25.5 Å². The highest BCUT2D eigenvalue weighted by molar-refractivity contribution is 8.00. The summed E-state index contributed by atoms with van der Waals surface area (Å²) in [5.74, 6) is 1.01. The fourth-order valence-corrected chi connectivity index (χ4v) is 3.81. The lowest BCUT2D eigenvalue weighted by Crippen LogP contribution is -2.44. The maximum atomic E-state index is 12.4. The molecule has 124 valence electrons. The third-order valence-corrected chi connectivity index (χ3v) is 5.41. The van der Waals surface area contributed by atoms with Gasteiger partial charge in [0.15, 0.2) is 0 Å². The second-order valence-corrected chi connectivity index (χ2v) is 8.49. The highest BCUT2D eigenvalue weighted by atomic mass is 32.2. The number of thioether (sulfide) groups is 1. The first kappa shape index (κ1) is 17.3. The first-order valence-electron chi connectivity index (χ1n) is 7.91. The lowest BCUT2D eigenvalue weighted by atomic mass is 9.99. The molecule has 1 N–H and O–H groups in total. The molecule has 1 saturated heterocycles. The van der Waals surface area contributed by atoms with Crippen molar-refractivity contribution >= 4 is 17.7 Å². The maximum Gasteiger partial charge on any atom is 0.254 e. The van der Waals surface area contributed by atoms with Crippen LogP contribution in [-0.4, -0.2) is 45.9 Å². The first-order chi connectivity index (χ1) is 10.4. The summed E-state index contributed by atoms with van der Waals surface area (Å²) in [5, 5.41) is 7.38. The van der Waals surface area contributed by atoms with E-state index in [2.05, 4.69) is 38.1 Å². The molecule has 1 aliphatic heterocycles. The molecular weight excluding hydrogens is 298 g/mol. The minimum Gasteiger partial charge on any atom is -0.381 e. The number of ether oxygens (including phenoxy) is 1. The van der Waals surface area contributed by atoms with Gasteiger partial charge in [-0.25, -0.2) is 0 Å². The molecule has 1 aliphatic rings. The Morgan fingerprint density at radius 3 is 2.68 bits per heavy atom. The summed E-state index contributed by atoms with van der Waals surface area (Å²) in [7, 11) is 0. The van der Waals surface area contributed by atoms with Gasteiger partial charge >= 0.3 is 0 Å². The molecule has 2 rings (SSSR count). The molecular formula is C16H27N3O2S. The van der Waals surface area contributed by atoms with Gasteiger partial charge in [-0.1, -0.05) is 6.92 Å². The van der Waals surface area contributed by atoms with Crippen molar-refractivity contribution in [1.82, 2.24) is 15.1 Å². The summed E-state index contributed by atoms with van der Waals surface area (Å²) >= 11 is 1.93. The van der Waals surface area contributed by atoms with Crippen LogP contribution in [0.15, 0.2) is 12.4 Å². The Bertz CT molecular complexity index is 496. The van der Waals surface area contributed by atoms with E-state index < -0.39 is 0 Å². The smallest absolute Gasteiger partial charge is 0.254 e. The van der Waals surface area contributed by atoms with Gasteiger partial charge in [-0.3, -0.25) is 9.48 Å². The van der Waals surface area contributed by atoms with Crippen molar-refractivity contribution in [1.29, 1.82) is 0 Å². The van der Waals surface area contributed by atoms with E-state index in [4.69, 9.17) is 4.74 Å². The van der Waals surface area contributed by atoms with E-state index in [1.807, 2.05) is 22.6 Å². The highest BCUT2D eigenvalue weighted by Crippen LogP contribution is 2.34.